The van der Waals surface area contributed by atoms with Crippen molar-refractivity contribution in [2.45, 2.75) is 6.42 Å². The minimum atomic E-state index is -0.941. The van der Waals surface area contributed by atoms with Crippen LogP contribution in [-0.2, 0) is 6.42 Å². The lowest BCUT2D eigenvalue weighted by Crippen LogP contribution is -2.21. The van der Waals surface area contributed by atoms with Crippen molar-refractivity contribution in [3.63, 3.8) is 0 Å². The third-order valence-electron chi connectivity index (χ3n) is 7.30. The Morgan fingerprint density at radius 2 is 0.978 bits per heavy atom. The zero-order valence-corrected chi connectivity index (χ0v) is 23.7. The molecule has 2 heterocycles. The van der Waals surface area contributed by atoms with Gasteiger partial charge in [0.1, 0.15) is 33.8 Å². The van der Waals surface area contributed by atoms with Crippen molar-refractivity contribution in [3.05, 3.63) is 140 Å². The van der Waals surface area contributed by atoms with Crippen LogP contribution in [0.2, 0.25) is 0 Å². The molecule has 0 aliphatic carbocycles. The summed E-state index contributed by atoms with van der Waals surface area (Å²) < 4.78 is 10.7. The first-order chi connectivity index (χ1) is 21.8. The summed E-state index contributed by atoms with van der Waals surface area (Å²) in [4.78, 5) is 51.0. The standard InChI is InChI=1S/C35H26N2O8/c38-26(18-36-22-7-3-1-4-8-22)30-32(40)24-16-20(11-13-28(24)44-34(30)42)15-21-12-14-29-25(17-21)33(41)31(35(43)45-29)27(39)19-37-23-9-5-2-6-10-23/h1-14,16-17,36-37,40-41H,15,18-19H2. The highest BCUT2D eigenvalue weighted by Gasteiger charge is 2.23. The zero-order chi connectivity index (χ0) is 31.5. The number of carbonyl (C=O) groups is 2. The Morgan fingerprint density at radius 1 is 0.578 bits per heavy atom. The second-order valence-corrected chi connectivity index (χ2v) is 10.3. The fourth-order valence-corrected chi connectivity index (χ4v) is 5.07. The van der Waals surface area contributed by atoms with Crippen LogP contribution in [0.15, 0.2) is 115 Å². The van der Waals surface area contributed by atoms with Gasteiger partial charge in [0.25, 0.3) is 0 Å². The number of hydrogen-bond acceptors (Lipinski definition) is 10. The van der Waals surface area contributed by atoms with Gasteiger partial charge in [0, 0.05) is 11.4 Å². The highest BCUT2D eigenvalue weighted by atomic mass is 16.4. The number of carbonyl (C=O) groups excluding carboxylic acids is 2. The molecule has 4 N–H and O–H groups in total. The van der Waals surface area contributed by atoms with Crippen LogP contribution >= 0.6 is 0 Å². The predicted octanol–water partition coefficient (Wildman–Crippen LogP) is 5.49. The second-order valence-electron chi connectivity index (χ2n) is 10.3. The Kier molecular flexibility index (Phi) is 7.85. The van der Waals surface area contributed by atoms with E-state index >= 15 is 0 Å². The lowest BCUT2D eigenvalue weighted by atomic mass is 9.99. The smallest absolute Gasteiger partial charge is 0.351 e. The normalized spacial score (nSPS) is 11.0. The van der Waals surface area contributed by atoms with Crippen molar-refractivity contribution in [3.8, 4) is 11.5 Å². The number of anilines is 2. The summed E-state index contributed by atoms with van der Waals surface area (Å²) in [6.07, 6.45) is 0.292. The van der Waals surface area contributed by atoms with Gasteiger partial charge in [0.15, 0.2) is 11.6 Å². The van der Waals surface area contributed by atoms with E-state index in [1.165, 1.54) is 12.1 Å². The molecule has 4 aromatic carbocycles. The maximum absolute atomic E-state index is 12.9. The Hall–Kier alpha value is -6.16. The van der Waals surface area contributed by atoms with E-state index in [1.54, 1.807) is 72.8 Å². The summed E-state index contributed by atoms with van der Waals surface area (Å²) in [6, 6.07) is 27.6. The van der Waals surface area contributed by atoms with Gasteiger partial charge in [-0.05, 0) is 66.1 Å². The SMILES string of the molecule is O=C(CNc1ccccc1)c1c(O)c2cc(Cc3ccc4oc(=O)c(C(=O)CNc5ccccc5)c(O)c4c3)ccc2oc1=O. The molecule has 6 aromatic rings. The fourth-order valence-electron chi connectivity index (χ4n) is 5.07. The molecule has 2 aromatic heterocycles. The molecule has 0 amide bonds. The third-order valence-corrected chi connectivity index (χ3v) is 7.30. The molecule has 0 atom stereocenters. The van der Waals surface area contributed by atoms with Crippen LogP contribution < -0.4 is 21.9 Å². The molecule has 0 fully saturated rings. The van der Waals surface area contributed by atoms with Crippen molar-refractivity contribution in [2.75, 3.05) is 23.7 Å². The van der Waals surface area contributed by atoms with Gasteiger partial charge in [-0.2, -0.15) is 0 Å². The number of nitrogens with one attached hydrogen (secondary N) is 2. The summed E-state index contributed by atoms with van der Waals surface area (Å²) in [5.74, 6) is -2.22. The molecule has 6 rings (SSSR count). The number of rotatable bonds is 10. The van der Waals surface area contributed by atoms with Gasteiger partial charge in [0.2, 0.25) is 0 Å². The molecule has 0 spiro atoms. The number of para-hydroxylation sites is 2. The number of hydrogen-bond donors (Lipinski definition) is 4. The zero-order valence-electron chi connectivity index (χ0n) is 23.7. The molecule has 10 heteroatoms. The van der Waals surface area contributed by atoms with Crippen molar-refractivity contribution in [1.29, 1.82) is 0 Å². The molecule has 45 heavy (non-hydrogen) atoms. The van der Waals surface area contributed by atoms with Crippen LogP contribution in [0.25, 0.3) is 21.9 Å². The Labute approximate surface area is 255 Å². The predicted molar refractivity (Wildman–Crippen MR) is 170 cm³/mol. The van der Waals surface area contributed by atoms with E-state index in [-0.39, 0.29) is 35.0 Å². The van der Waals surface area contributed by atoms with Crippen LogP contribution in [0.4, 0.5) is 11.4 Å². The van der Waals surface area contributed by atoms with Gasteiger partial charge in [-0.15, -0.1) is 0 Å². The molecule has 0 aliphatic heterocycles. The van der Waals surface area contributed by atoms with E-state index in [4.69, 9.17) is 8.83 Å². The number of Topliss-reactive ketones (excluding diaryl/α,β-unsaturated/α-hetero) is 2. The molecule has 0 bridgehead atoms. The largest absolute Gasteiger partial charge is 0.506 e. The van der Waals surface area contributed by atoms with E-state index in [0.717, 1.165) is 0 Å². The van der Waals surface area contributed by atoms with E-state index in [9.17, 15) is 29.4 Å². The summed E-state index contributed by atoms with van der Waals surface area (Å²) >= 11 is 0. The van der Waals surface area contributed by atoms with Crippen LogP contribution in [0, 0.1) is 0 Å². The first-order valence-electron chi connectivity index (χ1n) is 14.0. The molecule has 0 saturated carbocycles. The molecular formula is C35H26N2O8. The van der Waals surface area contributed by atoms with Crippen LogP contribution in [-0.4, -0.2) is 34.9 Å². The lowest BCUT2D eigenvalue weighted by molar-refractivity contribution is 0.0991. The maximum atomic E-state index is 12.9. The second kappa shape index (κ2) is 12.2. The summed E-state index contributed by atoms with van der Waals surface area (Å²) in [5.41, 5.74) is 0.169. The minimum Gasteiger partial charge on any atom is -0.506 e. The van der Waals surface area contributed by atoms with Gasteiger partial charge in [-0.1, -0.05) is 48.5 Å². The van der Waals surface area contributed by atoms with Crippen LogP contribution in [0.5, 0.6) is 11.5 Å². The van der Waals surface area contributed by atoms with Gasteiger partial charge in [0.05, 0.1) is 23.9 Å². The summed E-state index contributed by atoms with van der Waals surface area (Å²) in [7, 11) is 0. The van der Waals surface area contributed by atoms with Gasteiger partial charge in [-0.3, -0.25) is 9.59 Å². The average molecular weight is 603 g/mol. The lowest BCUT2D eigenvalue weighted by Gasteiger charge is -2.10. The van der Waals surface area contributed by atoms with E-state index < -0.39 is 45.4 Å². The van der Waals surface area contributed by atoms with Crippen molar-refractivity contribution in [2.24, 2.45) is 0 Å². The molecule has 0 unspecified atom stereocenters. The molecule has 0 aliphatic rings. The molecule has 10 nitrogen and oxygen atoms in total. The summed E-state index contributed by atoms with van der Waals surface area (Å²) in [6.45, 7) is -0.450. The number of fused-ring (bicyclic) bond motifs is 2. The van der Waals surface area contributed by atoms with Crippen LogP contribution in [0.3, 0.4) is 0 Å². The first-order valence-corrected chi connectivity index (χ1v) is 14.0. The van der Waals surface area contributed by atoms with Crippen LogP contribution in [0.1, 0.15) is 31.8 Å². The fraction of sp³-hybridized carbons (Fsp3) is 0.0857. The van der Waals surface area contributed by atoms with E-state index in [1.807, 2.05) is 12.1 Å². The van der Waals surface area contributed by atoms with Gasteiger partial charge < -0.3 is 29.7 Å². The Bertz CT molecular complexity index is 2030. The first kappa shape index (κ1) is 28.9. The minimum absolute atomic E-state index is 0.110. The molecule has 224 valence electrons. The van der Waals surface area contributed by atoms with Crippen molar-refractivity contribution < 1.29 is 28.6 Å². The Balaban J connectivity index is 1.27. The van der Waals surface area contributed by atoms with Crippen molar-refractivity contribution in [1.82, 2.24) is 0 Å². The molecule has 0 saturated heterocycles. The van der Waals surface area contributed by atoms with Crippen molar-refractivity contribution >= 4 is 44.9 Å². The third kappa shape index (κ3) is 6.02. The quantitative estimate of drug-likeness (QED) is 0.117. The van der Waals surface area contributed by atoms with Gasteiger partial charge in [-0.25, -0.2) is 9.59 Å². The topological polar surface area (TPSA) is 159 Å². The molecule has 0 radical (unpaired) electrons. The highest BCUT2D eigenvalue weighted by molar-refractivity contribution is 6.05. The molecular weight excluding hydrogens is 576 g/mol. The number of benzene rings is 4. The number of aromatic hydroxyl groups is 2. The highest BCUT2D eigenvalue weighted by Crippen LogP contribution is 2.31. The average Bonchev–Trinajstić information content (AvgIpc) is 3.04. The number of ketones is 2. The van der Waals surface area contributed by atoms with E-state index in [2.05, 4.69) is 10.6 Å². The Morgan fingerprint density at radius 3 is 1.38 bits per heavy atom. The maximum Gasteiger partial charge on any atom is 0.351 e. The van der Waals surface area contributed by atoms with Gasteiger partial charge >= 0.3 is 11.3 Å². The summed E-state index contributed by atoms with van der Waals surface area (Å²) in [5, 5.41) is 28.2. The van der Waals surface area contributed by atoms with E-state index in [0.29, 0.717) is 28.9 Å². The monoisotopic (exact) mass is 602 g/mol.